The summed E-state index contributed by atoms with van der Waals surface area (Å²) in [5, 5.41) is 0. The number of allylic oxidation sites excluding steroid dienone is 1. The van der Waals surface area contributed by atoms with Crippen LogP contribution in [0.25, 0.3) is 11.4 Å². The SMILES string of the molecule is CCCCCCc1cnc(-c2ccc([C@H]3CC[C@H](C=CCOC)CC3)cc2)nc1. The van der Waals surface area contributed by atoms with Crippen LogP contribution in [0.4, 0.5) is 0 Å². The minimum Gasteiger partial charge on any atom is -0.381 e. The summed E-state index contributed by atoms with van der Waals surface area (Å²) < 4.78 is 5.11. The Balaban J connectivity index is 1.51. The van der Waals surface area contributed by atoms with Crippen molar-refractivity contribution >= 4 is 0 Å². The number of benzene rings is 1. The van der Waals surface area contributed by atoms with E-state index in [0.717, 1.165) is 30.3 Å². The average Bonchev–Trinajstić information content (AvgIpc) is 2.78. The van der Waals surface area contributed by atoms with Crippen molar-refractivity contribution in [1.82, 2.24) is 9.97 Å². The van der Waals surface area contributed by atoms with Crippen LogP contribution in [0.3, 0.4) is 0 Å². The van der Waals surface area contributed by atoms with E-state index in [-0.39, 0.29) is 0 Å². The van der Waals surface area contributed by atoms with E-state index in [0.29, 0.717) is 5.92 Å². The Morgan fingerprint density at radius 1 is 0.966 bits per heavy atom. The van der Waals surface area contributed by atoms with Crippen LogP contribution in [-0.2, 0) is 11.2 Å². The van der Waals surface area contributed by atoms with Crippen LogP contribution in [0.2, 0.25) is 0 Å². The fourth-order valence-electron chi connectivity index (χ4n) is 4.28. The quantitative estimate of drug-likeness (QED) is 0.331. The molecule has 1 saturated carbocycles. The summed E-state index contributed by atoms with van der Waals surface area (Å²) in [6.45, 7) is 2.97. The third kappa shape index (κ3) is 6.78. The smallest absolute Gasteiger partial charge is 0.159 e. The molecule has 1 aliphatic carbocycles. The van der Waals surface area contributed by atoms with Gasteiger partial charge in [-0.3, -0.25) is 0 Å². The first-order valence-electron chi connectivity index (χ1n) is 11.4. The zero-order valence-corrected chi connectivity index (χ0v) is 18.1. The van der Waals surface area contributed by atoms with E-state index >= 15 is 0 Å². The molecule has 0 unspecified atom stereocenters. The molecule has 1 aromatic heterocycles. The van der Waals surface area contributed by atoms with Crippen LogP contribution in [0.15, 0.2) is 48.8 Å². The summed E-state index contributed by atoms with van der Waals surface area (Å²) in [5.41, 5.74) is 3.82. The molecule has 0 radical (unpaired) electrons. The molecule has 0 spiro atoms. The number of hydrogen-bond donors (Lipinski definition) is 0. The van der Waals surface area contributed by atoms with E-state index in [1.54, 1.807) is 7.11 Å². The number of aryl methyl sites for hydroxylation is 1. The van der Waals surface area contributed by atoms with Gasteiger partial charge >= 0.3 is 0 Å². The fourth-order valence-corrected chi connectivity index (χ4v) is 4.28. The Labute approximate surface area is 176 Å². The molecule has 3 rings (SSSR count). The van der Waals surface area contributed by atoms with Gasteiger partial charge in [0.2, 0.25) is 0 Å². The molecule has 0 atom stereocenters. The lowest BCUT2D eigenvalue weighted by atomic mass is 9.78. The van der Waals surface area contributed by atoms with Gasteiger partial charge in [-0.1, -0.05) is 62.6 Å². The third-order valence-electron chi connectivity index (χ3n) is 6.11. The summed E-state index contributed by atoms with van der Waals surface area (Å²) in [7, 11) is 1.75. The van der Waals surface area contributed by atoms with Gasteiger partial charge in [-0.25, -0.2) is 9.97 Å². The highest BCUT2D eigenvalue weighted by atomic mass is 16.5. The Kier molecular flexibility index (Phi) is 8.88. The van der Waals surface area contributed by atoms with Crippen molar-refractivity contribution < 1.29 is 4.74 Å². The van der Waals surface area contributed by atoms with Crippen molar-refractivity contribution in [3.8, 4) is 11.4 Å². The average molecular weight is 393 g/mol. The molecular formula is C26H36N2O. The van der Waals surface area contributed by atoms with Crippen molar-refractivity contribution in [3.63, 3.8) is 0 Å². The van der Waals surface area contributed by atoms with Gasteiger partial charge in [-0.05, 0) is 61.5 Å². The topological polar surface area (TPSA) is 35.0 Å². The molecular weight excluding hydrogens is 356 g/mol. The lowest BCUT2D eigenvalue weighted by molar-refractivity contribution is 0.233. The molecule has 1 aromatic carbocycles. The molecule has 0 saturated heterocycles. The van der Waals surface area contributed by atoms with Crippen LogP contribution in [0.5, 0.6) is 0 Å². The van der Waals surface area contributed by atoms with Crippen LogP contribution in [-0.4, -0.2) is 23.7 Å². The first-order valence-corrected chi connectivity index (χ1v) is 11.4. The second-order valence-electron chi connectivity index (χ2n) is 8.34. The third-order valence-corrected chi connectivity index (χ3v) is 6.11. The predicted octanol–water partition coefficient (Wildman–Crippen LogP) is 6.74. The van der Waals surface area contributed by atoms with Gasteiger partial charge in [0.05, 0.1) is 6.61 Å². The molecule has 156 valence electrons. The van der Waals surface area contributed by atoms with Crippen molar-refractivity contribution in [2.45, 2.75) is 70.6 Å². The molecule has 1 aliphatic rings. The van der Waals surface area contributed by atoms with Crippen LogP contribution in [0.1, 0.15) is 75.3 Å². The normalized spacial score (nSPS) is 19.7. The maximum absolute atomic E-state index is 5.11. The molecule has 3 heteroatoms. The molecule has 1 fully saturated rings. The van der Waals surface area contributed by atoms with E-state index in [1.807, 2.05) is 12.4 Å². The Bertz CT molecular complexity index is 728. The van der Waals surface area contributed by atoms with Gasteiger partial charge < -0.3 is 4.74 Å². The molecule has 2 aromatic rings. The van der Waals surface area contributed by atoms with E-state index < -0.39 is 0 Å². The zero-order chi connectivity index (χ0) is 20.3. The molecule has 29 heavy (non-hydrogen) atoms. The van der Waals surface area contributed by atoms with Crippen LogP contribution < -0.4 is 0 Å². The lowest BCUT2D eigenvalue weighted by Crippen LogP contribution is -2.11. The van der Waals surface area contributed by atoms with E-state index in [9.17, 15) is 0 Å². The minimum atomic E-state index is 0.683. The number of rotatable bonds is 10. The molecule has 0 bridgehead atoms. The van der Waals surface area contributed by atoms with Gasteiger partial charge in [0.1, 0.15) is 0 Å². The first-order chi connectivity index (χ1) is 14.3. The highest BCUT2D eigenvalue weighted by Crippen LogP contribution is 2.36. The summed E-state index contributed by atoms with van der Waals surface area (Å²) in [5.74, 6) is 2.23. The fraction of sp³-hybridized carbons (Fsp3) is 0.538. The molecule has 3 nitrogen and oxygen atoms in total. The molecule has 0 aliphatic heterocycles. The predicted molar refractivity (Wildman–Crippen MR) is 121 cm³/mol. The van der Waals surface area contributed by atoms with E-state index in [4.69, 9.17) is 4.74 Å². The number of methoxy groups -OCH3 is 1. The largest absolute Gasteiger partial charge is 0.381 e. The monoisotopic (exact) mass is 392 g/mol. The van der Waals surface area contributed by atoms with Gasteiger partial charge in [0.15, 0.2) is 5.82 Å². The maximum atomic E-state index is 5.11. The number of hydrogen-bond acceptors (Lipinski definition) is 3. The Morgan fingerprint density at radius 3 is 2.34 bits per heavy atom. The molecule has 0 amide bonds. The van der Waals surface area contributed by atoms with Crippen molar-refractivity contribution in [2.75, 3.05) is 13.7 Å². The van der Waals surface area contributed by atoms with Gasteiger partial charge in [0.25, 0.3) is 0 Å². The second kappa shape index (κ2) is 11.9. The van der Waals surface area contributed by atoms with Gasteiger partial charge in [-0.2, -0.15) is 0 Å². The van der Waals surface area contributed by atoms with Gasteiger partial charge in [0, 0.05) is 25.1 Å². The highest BCUT2D eigenvalue weighted by molar-refractivity contribution is 5.55. The highest BCUT2D eigenvalue weighted by Gasteiger charge is 2.20. The number of ether oxygens (including phenoxy) is 1. The number of nitrogens with zero attached hydrogens (tertiary/aromatic N) is 2. The zero-order valence-electron chi connectivity index (χ0n) is 18.1. The standard InChI is InChI=1S/C26H36N2O/c1-3-4-5-6-8-22-19-27-26(28-20-22)25-16-14-24(15-17-25)23-12-10-21(11-13-23)9-7-18-29-2/h7,9,14-17,19-21,23H,3-6,8,10-13,18H2,1-2H3/t21-,23-. The van der Waals surface area contributed by atoms with Crippen molar-refractivity contribution in [1.29, 1.82) is 0 Å². The summed E-state index contributed by atoms with van der Waals surface area (Å²) >= 11 is 0. The van der Waals surface area contributed by atoms with Crippen LogP contribution >= 0.6 is 0 Å². The van der Waals surface area contributed by atoms with Crippen molar-refractivity contribution in [2.24, 2.45) is 5.92 Å². The second-order valence-corrected chi connectivity index (χ2v) is 8.34. The van der Waals surface area contributed by atoms with E-state index in [2.05, 4.69) is 53.3 Å². The Morgan fingerprint density at radius 2 is 1.69 bits per heavy atom. The number of aromatic nitrogens is 2. The Hall–Kier alpha value is -2.00. The van der Waals surface area contributed by atoms with Crippen molar-refractivity contribution in [3.05, 3.63) is 59.9 Å². The lowest BCUT2D eigenvalue weighted by Gasteiger charge is -2.27. The molecule has 1 heterocycles. The van der Waals surface area contributed by atoms with Gasteiger partial charge in [-0.15, -0.1) is 0 Å². The summed E-state index contributed by atoms with van der Waals surface area (Å²) in [6, 6.07) is 8.94. The molecule has 0 N–H and O–H groups in total. The first kappa shape index (κ1) is 21.7. The summed E-state index contributed by atoms with van der Waals surface area (Å²) in [6.07, 6.45) is 19.8. The maximum Gasteiger partial charge on any atom is 0.159 e. The summed E-state index contributed by atoms with van der Waals surface area (Å²) in [4.78, 5) is 9.21. The minimum absolute atomic E-state index is 0.683. The number of unbranched alkanes of at least 4 members (excludes halogenated alkanes) is 3. The van der Waals surface area contributed by atoms with E-state index in [1.165, 1.54) is 62.5 Å². The van der Waals surface area contributed by atoms with Crippen LogP contribution in [0, 0.1) is 5.92 Å².